The summed E-state index contributed by atoms with van der Waals surface area (Å²) < 4.78 is 22.4. The van der Waals surface area contributed by atoms with Crippen molar-refractivity contribution in [3.8, 4) is 0 Å². The van der Waals surface area contributed by atoms with E-state index in [0.717, 1.165) is 0 Å². The van der Waals surface area contributed by atoms with Crippen molar-refractivity contribution in [2.24, 2.45) is 5.14 Å². The van der Waals surface area contributed by atoms with Gasteiger partial charge in [-0.1, -0.05) is 12.1 Å². The number of nitrogens with one attached hydrogen (secondary N) is 1. The van der Waals surface area contributed by atoms with Crippen LogP contribution < -0.4 is 10.5 Å². The molecule has 0 radical (unpaired) electrons. The maximum absolute atomic E-state index is 11.2. The van der Waals surface area contributed by atoms with E-state index in [0.29, 0.717) is 5.56 Å². The molecule has 0 bridgehead atoms. The molecule has 1 aromatic carbocycles. The Hall–Kier alpha value is -0.990. The molecular formula is C11H18N2O4S. The van der Waals surface area contributed by atoms with E-state index in [1.165, 1.54) is 12.1 Å². The van der Waals surface area contributed by atoms with Crippen molar-refractivity contribution in [3.63, 3.8) is 0 Å². The van der Waals surface area contributed by atoms with Crippen LogP contribution in [0.2, 0.25) is 0 Å². The minimum Gasteiger partial charge on any atom is -0.395 e. The van der Waals surface area contributed by atoms with Crippen LogP contribution in [0.5, 0.6) is 0 Å². The number of nitrogens with two attached hydrogens (primary N) is 1. The van der Waals surface area contributed by atoms with Crippen molar-refractivity contribution >= 4 is 10.0 Å². The van der Waals surface area contributed by atoms with Gasteiger partial charge in [0, 0.05) is 6.04 Å². The lowest BCUT2D eigenvalue weighted by Gasteiger charge is -2.20. The predicted molar refractivity (Wildman–Crippen MR) is 67.3 cm³/mol. The van der Waals surface area contributed by atoms with Gasteiger partial charge in [-0.25, -0.2) is 13.6 Å². The summed E-state index contributed by atoms with van der Waals surface area (Å²) in [5.74, 6) is 0. The quantitative estimate of drug-likeness (QED) is 0.550. The summed E-state index contributed by atoms with van der Waals surface area (Å²) in [7, 11) is -3.72. The number of primary sulfonamides is 1. The summed E-state index contributed by atoms with van der Waals surface area (Å²) in [6, 6.07) is 5.58. The topological polar surface area (TPSA) is 113 Å². The number of hydrogen-bond donors (Lipinski definition) is 4. The van der Waals surface area contributed by atoms with Crippen LogP contribution in [-0.2, 0) is 10.0 Å². The summed E-state index contributed by atoms with van der Waals surface area (Å²) in [5.41, 5.74) is 0.716. The van der Waals surface area contributed by atoms with E-state index in [1.807, 2.05) is 0 Å². The molecule has 0 fully saturated rings. The molecule has 0 aliphatic carbocycles. The van der Waals surface area contributed by atoms with Crippen molar-refractivity contribution in [1.29, 1.82) is 0 Å². The SMILES string of the molecule is CC(NC(CO)CO)c1cccc(S(N)(=O)=O)c1. The lowest BCUT2D eigenvalue weighted by Crippen LogP contribution is -2.37. The van der Waals surface area contributed by atoms with Gasteiger partial charge < -0.3 is 15.5 Å². The van der Waals surface area contributed by atoms with Crippen molar-refractivity contribution < 1.29 is 18.6 Å². The minimum atomic E-state index is -3.72. The van der Waals surface area contributed by atoms with E-state index in [-0.39, 0.29) is 24.2 Å². The average molecular weight is 274 g/mol. The van der Waals surface area contributed by atoms with Crippen LogP contribution in [0.4, 0.5) is 0 Å². The van der Waals surface area contributed by atoms with Gasteiger partial charge in [0.05, 0.1) is 24.2 Å². The molecule has 0 aliphatic rings. The first-order chi connectivity index (χ1) is 8.38. The van der Waals surface area contributed by atoms with E-state index >= 15 is 0 Å². The molecule has 18 heavy (non-hydrogen) atoms. The zero-order valence-corrected chi connectivity index (χ0v) is 10.9. The first-order valence-electron chi connectivity index (χ1n) is 5.49. The Balaban J connectivity index is 2.90. The fraction of sp³-hybridized carbons (Fsp3) is 0.455. The van der Waals surface area contributed by atoms with Gasteiger partial charge in [-0.15, -0.1) is 0 Å². The second-order valence-electron chi connectivity index (χ2n) is 4.07. The monoisotopic (exact) mass is 274 g/mol. The number of rotatable bonds is 6. The number of benzene rings is 1. The molecule has 0 aliphatic heterocycles. The molecular weight excluding hydrogens is 256 g/mol. The van der Waals surface area contributed by atoms with Crippen LogP contribution in [0.25, 0.3) is 0 Å². The van der Waals surface area contributed by atoms with E-state index in [1.54, 1.807) is 19.1 Å². The van der Waals surface area contributed by atoms with Gasteiger partial charge in [-0.2, -0.15) is 0 Å². The molecule has 6 nitrogen and oxygen atoms in total. The van der Waals surface area contributed by atoms with E-state index < -0.39 is 16.1 Å². The number of sulfonamides is 1. The maximum atomic E-state index is 11.2. The molecule has 0 spiro atoms. The Morgan fingerprint density at radius 1 is 1.33 bits per heavy atom. The molecule has 5 N–H and O–H groups in total. The van der Waals surface area contributed by atoms with Gasteiger partial charge in [-0.05, 0) is 24.6 Å². The number of hydrogen-bond acceptors (Lipinski definition) is 5. The van der Waals surface area contributed by atoms with E-state index in [9.17, 15) is 8.42 Å². The van der Waals surface area contributed by atoms with Crippen LogP contribution >= 0.6 is 0 Å². The van der Waals surface area contributed by atoms with E-state index in [4.69, 9.17) is 15.4 Å². The molecule has 1 aromatic rings. The number of aliphatic hydroxyl groups excluding tert-OH is 2. The maximum Gasteiger partial charge on any atom is 0.238 e. The molecule has 102 valence electrons. The van der Waals surface area contributed by atoms with Crippen molar-refractivity contribution in [2.75, 3.05) is 13.2 Å². The van der Waals surface area contributed by atoms with E-state index in [2.05, 4.69) is 5.32 Å². The normalized spacial score (nSPS) is 13.8. The second kappa shape index (κ2) is 6.26. The Morgan fingerprint density at radius 3 is 2.44 bits per heavy atom. The highest BCUT2D eigenvalue weighted by molar-refractivity contribution is 7.89. The molecule has 1 atom stereocenters. The summed E-state index contributed by atoms with van der Waals surface area (Å²) in [6.07, 6.45) is 0. The van der Waals surface area contributed by atoms with Crippen molar-refractivity contribution in [1.82, 2.24) is 5.32 Å². The molecule has 7 heteroatoms. The summed E-state index contributed by atoms with van der Waals surface area (Å²) in [5, 5.41) is 26.0. The minimum absolute atomic E-state index is 0.0400. The molecule has 1 rings (SSSR count). The first kappa shape index (κ1) is 15.1. The third-order valence-electron chi connectivity index (χ3n) is 2.61. The highest BCUT2D eigenvalue weighted by Gasteiger charge is 2.14. The largest absolute Gasteiger partial charge is 0.395 e. The average Bonchev–Trinajstić information content (AvgIpc) is 2.34. The smallest absolute Gasteiger partial charge is 0.238 e. The highest BCUT2D eigenvalue weighted by atomic mass is 32.2. The number of aliphatic hydroxyl groups is 2. The Labute approximate surface area is 106 Å². The van der Waals surface area contributed by atoms with Crippen LogP contribution in [0, 0.1) is 0 Å². The van der Waals surface area contributed by atoms with Crippen molar-refractivity contribution in [3.05, 3.63) is 29.8 Å². The third kappa shape index (κ3) is 4.04. The Kier molecular flexibility index (Phi) is 5.24. The molecule has 0 aromatic heterocycles. The van der Waals surface area contributed by atoms with Crippen molar-refractivity contribution in [2.45, 2.75) is 23.9 Å². The van der Waals surface area contributed by atoms with Gasteiger partial charge in [-0.3, -0.25) is 0 Å². The van der Waals surface area contributed by atoms with Crippen LogP contribution in [-0.4, -0.2) is 37.9 Å². The zero-order chi connectivity index (χ0) is 13.8. The predicted octanol–water partition coefficient (Wildman–Crippen LogP) is -0.662. The van der Waals surface area contributed by atoms with Crippen LogP contribution in [0.1, 0.15) is 18.5 Å². The molecule has 0 amide bonds. The van der Waals surface area contributed by atoms with Gasteiger partial charge in [0.2, 0.25) is 10.0 Å². The lowest BCUT2D eigenvalue weighted by molar-refractivity contribution is 0.163. The van der Waals surface area contributed by atoms with Crippen LogP contribution in [0.3, 0.4) is 0 Å². The standard InChI is InChI=1S/C11H18N2O4S/c1-8(13-10(6-14)7-15)9-3-2-4-11(5-9)18(12,16)17/h2-5,8,10,13-15H,6-7H2,1H3,(H2,12,16,17). The van der Waals surface area contributed by atoms with Gasteiger partial charge in [0.1, 0.15) is 0 Å². The van der Waals surface area contributed by atoms with Gasteiger partial charge >= 0.3 is 0 Å². The molecule has 0 saturated carbocycles. The fourth-order valence-corrected chi connectivity index (χ4v) is 2.14. The summed E-state index contributed by atoms with van der Waals surface area (Å²) in [6.45, 7) is 1.41. The second-order valence-corrected chi connectivity index (χ2v) is 5.63. The summed E-state index contributed by atoms with van der Waals surface area (Å²) >= 11 is 0. The third-order valence-corrected chi connectivity index (χ3v) is 3.52. The van der Waals surface area contributed by atoms with Gasteiger partial charge in [0.25, 0.3) is 0 Å². The molecule has 0 heterocycles. The Morgan fingerprint density at radius 2 is 1.94 bits per heavy atom. The lowest BCUT2D eigenvalue weighted by atomic mass is 10.1. The molecule has 0 saturated heterocycles. The highest BCUT2D eigenvalue weighted by Crippen LogP contribution is 2.17. The first-order valence-corrected chi connectivity index (χ1v) is 7.03. The zero-order valence-electron chi connectivity index (χ0n) is 10.1. The molecule has 1 unspecified atom stereocenters. The Bertz CT molecular complexity index is 486. The summed E-state index contributed by atoms with van der Waals surface area (Å²) in [4.78, 5) is 0.0400. The van der Waals surface area contributed by atoms with Crippen LogP contribution in [0.15, 0.2) is 29.2 Å². The van der Waals surface area contributed by atoms with Gasteiger partial charge in [0.15, 0.2) is 0 Å². The fourth-order valence-electron chi connectivity index (χ4n) is 1.57.